The van der Waals surface area contributed by atoms with E-state index < -0.39 is 12.1 Å². The number of likely N-dealkylation sites (tertiary alicyclic amines) is 1. The molecule has 6 nitrogen and oxygen atoms in total. The fourth-order valence-corrected chi connectivity index (χ4v) is 2.98. The first-order chi connectivity index (χ1) is 11.0. The van der Waals surface area contributed by atoms with Gasteiger partial charge in [0.25, 0.3) is 5.91 Å². The lowest BCUT2D eigenvalue weighted by molar-refractivity contribution is -0.138. The number of carbonyl (C=O) groups excluding carboxylic acids is 3. The number of anilines is 1. The predicted molar refractivity (Wildman–Crippen MR) is 84.1 cm³/mol. The standard InChI is InChI=1S/C17H20N2O4/c1-11(16(21)19-8-2-3-9-19)23-17(22)13-4-6-14-12(10-13)5-7-15(20)18-14/h4,6,10-11H,2-3,5,7-9H2,1H3,(H,18,20). The third-order valence-electron chi connectivity index (χ3n) is 4.29. The van der Waals surface area contributed by atoms with Gasteiger partial charge in [-0.15, -0.1) is 0 Å². The van der Waals surface area contributed by atoms with Crippen molar-refractivity contribution in [3.8, 4) is 0 Å². The highest BCUT2D eigenvalue weighted by Crippen LogP contribution is 2.24. The number of nitrogens with zero attached hydrogens (tertiary/aromatic N) is 1. The van der Waals surface area contributed by atoms with E-state index in [-0.39, 0.29) is 11.8 Å². The summed E-state index contributed by atoms with van der Waals surface area (Å²) in [6.07, 6.45) is 2.24. The molecule has 1 fully saturated rings. The van der Waals surface area contributed by atoms with E-state index in [1.165, 1.54) is 0 Å². The number of benzene rings is 1. The van der Waals surface area contributed by atoms with Crippen LogP contribution in [-0.4, -0.2) is 41.9 Å². The maximum atomic E-state index is 12.2. The topological polar surface area (TPSA) is 75.7 Å². The van der Waals surface area contributed by atoms with Crippen molar-refractivity contribution >= 4 is 23.5 Å². The van der Waals surface area contributed by atoms with Gasteiger partial charge in [0.05, 0.1) is 5.56 Å². The first-order valence-corrected chi connectivity index (χ1v) is 7.97. The monoisotopic (exact) mass is 316 g/mol. The Labute approximate surface area is 134 Å². The Morgan fingerprint density at radius 3 is 2.70 bits per heavy atom. The zero-order valence-electron chi connectivity index (χ0n) is 13.1. The van der Waals surface area contributed by atoms with E-state index in [4.69, 9.17) is 4.74 Å². The molecule has 0 aliphatic carbocycles. The molecule has 0 saturated carbocycles. The van der Waals surface area contributed by atoms with Crippen molar-refractivity contribution in [2.24, 2.45) is 0 Å². The van der Waals surface area contributed by atoms with Gasteiger partial charge < -0.3 is 15.0 Å². The molecule has 1 unspecified atom stereocenters. The van der Waals surface area contributed by atoms with Crippen molar-refractivity contribution in [3.63, 3.8) is 0 Å². The molecule has 1 aromatic rings. The second-order valence-electron chi connectivity index (χ2n) is 6.00. The highest BCUT2D eigenvalue weighted by atomic mass is 16.5. The molecule has 2 aliphatic rings. The van der Waals surface area contributed by atoms with Crippen LogP contribution in [0.3, 0.4) is 0 Å². The lowest BCUT2D eigenvalue weighted by Crippen LogP contribution is -2.38. The number of esters is 1. The maximum absolute atomic E-state index is 12.2. The molecule has 1 saturated heterocycles. The van der Waals surface area contributed by atoms with Crippen LogP contribution in [-0.2, 0) is 20.7 Å². The number of rotatable bonds is 3. The zero-order chi connectivity index (χ0) is 16.4. The molecule has 2 aliphatic heterocycles. The zero-order valence-corrected chi connectivity index (χ0v) is 13.1. The molecule has 122 valence electrons. The second kappa shape index (κ2) is 6.40. The summed E-state index contributed by atoms with van der Waals surface area (Å²) in [7, 11) is 0. The van der Waals surface area contributed by atoms with Crippen LogP contribution in [0.5, 0.6) is 0 Å². The summed E-state index contributed by atoms with van der Waals surface area (Å²) >= 11 is 0. The molecule has 0 bridgehead atoms. The predicted octanol–water partition coefficient (Wildman–Crippen LogP) is 1.74. The van der Waals surface area contributed by atoms with Crippen LogP contribution < -0.4 is 5.32 Å². The molecule has 23 heavy (non-hydrogen) atoms. The summed E-state index contributed by atoms with van der Waals surface area (Å²) in [6.45, 7) is 3.08. The third-order valence-corrected chi connectivity index (χ3v) is 4.29. The second-order valence-corrected chi connectivity index (χ2v) is 6.00. The van der Waals surface area contributed by atoms with E-state index in [2.05, 4.69) is 5.32 Å². The fourth-order valence-electron chi connectivity index (χ4n) is 2.98. The van der Waals surface area contributed by atoms with Crippen LogP contribution in [0.15, 0.2) is 18.2 Å². The van der Waals surface area contributed by atoms with Crippen molar-refractivity contribution in [3.05, 3.63) is 29.3 Å². The van der Waals surface area contributed by atoms with E-state index in [1.807, 2.05) is 0 Å². The van der Waals surface area contributed by atoms with E-state index in [0.717, 1.165) is 37.2 Å². The first-order valence-electron chi connectivity index (χ1n) is 7.97. The summed E-state index contributed by atoms with van der Waals surface area (Å²) in [5.41, 5.74) is 2.05. The maximum Gasteiger partial charge on any atom is 0.338 e. The Balaban J connectivity index is 1.66. The number of carbonyl (C=O) groups is 3. The molecule has 3 rings (SSSR count). The van der Waals surface area contributed by atoms with Gasteiger partial charge >= 0.3 is 5.97 Å². The molecule has 2 amide bonds. The average molecular weight is 316 g/mol. The Hall–Kier alpha value is -2.37. The molecule has 1 atom stereocenters. The minimum absolute atomic E-state index is 0.0161. The fraction of sp³-hybridized carbons (Fsp3) is 0.471. The Bertz CT molecular complexity index is 650. The summed E-state index contributed by atoms with van der Waals surface area (Å²) < 4.78 is 5.31. The largest absolute Gasteiger partial charge is 0.449 e. The summed E-state index contributed by atoms with van der Waals surface area (Å²) in [6, 6.07) is 5.04. The highest BCUT2D eigenvalue weighted by molar-refractivity contribution is 5.96. The third kappa shape index (κ3) is 3.36. The minimum Gasteiger partial charge on any atom is -0.449 e. The van der Waals surface area contributed by atoms with Gasteiger partial charge in [0.2, 0.25) is 5.91 Å². The smallest absolute Gasteiger partial charge is 0.338 e. The van der Waals surface area contributed by atoms with E-state index in [1.54, 1.807) is 30.0 Å². The first kappa shape index (κ1) is 15.5. The van der Waals surface area contributed by atoms with Gasteiger partial charge in [-0.1, -0.05) is 0 Å². The number of aryl methyl sites for hydroxylation is 1. The van der Waals surface area contributed by atoms with Crippen LogP contribution in [0.25, 0.3) is 0 Å². The molecule has 0 spiro atoms. The van der Waals surface area contributed by atoms with Crippen LogP contribution >= 0.6 is 0 Å². The molecule has 0 aromatic heterocycles. The Morgan fingerprint density at radius 2 is 1.96 bits per heavy atom. The van der Waals surface area contributed by atoms with Gasteiger partial charge in [0.15, 0.2) is 6.10 Å². The molecular formula is C17H20N2O4. The van der Waals surface area contributed by atoms with Crippen molar-refractivity contribution in [2.75, 3.05) is 18.4 Å². The summed E-state index contributed by atoms with van der Waals surface area (Å²) in [5.74, 6) is -0.663. The van der Waals surface area contributed by atoms with Gasteiger partial charge in [-0.3, -0.25) is 9.59 Å². The molecule has 2 heterocycles. The van der Waals surface area contributed by atoms with Crippen molar-refractivity contribution in [1.82, 2.24) is 4.90 Å². The van der Waals surface area contributed by atoms with Crippen LogP contribution in [0.1, 0.15) is 42.1 Å². The van der Waals surface area contributed by atoms with Crippen molar-refractivity contribution in [1.29, 1.82) is 0 Å². The van der Waals surface area contributed by atoms with Gasteiger partial charge in [-0.2, -0.15) is 0 Å². The lowest BCUT2D eigenvalue weighted by atomic mass is 10.0. The number of fused-ring (bicyclic) bond motifs is 1. The Kier molecular flexibility index (Phi) is 4.32. The minimum atomic E-state index is -0.781. The van der Waals surface area contributed by atoms with Gasteiger partial charge in [-0.25, -0.2) is 4.79 Å². The van der Waals surface area contributed by atoms with Gasteiger partial charge in [0.1, 0.15) is 0 Å². The van der Waals surface area contributed by atoms with E-state index >= 15 is 0 Å². The van der Waals surface area contributed by atoms with Crippen molar-refractivity contribution < 1.29 is 19.1 Å². The Morgan fingerprint density at radius 1 is 1.22 bits per heavy atom. The molecule has 1 N–H and O–H groups in total. The number of hydrogen-bond donors (Lipinski definition) is 1. The number of amides is 2. The highest BCUT2D eigenvalue weighted by Gasteiger charge is 2.26. The number of ether oxygens (including phenoxy) is 1. The molecule has 6 heteroatoms. The normalized spacial score (nSPS) is 18.1. The van der Waals surface area contributed by atoms with Crippen LogP contribution in [0, 0.1) is 0 Å². The van der Waals surface area contributed by atoms with Gasteiger partial charge in [0, 0.05) is 25.2 Å². The number of hydrogen-bond acceptors (Lipinski definition) is 4. The molecule has 1 aromatic carbocycles. The van der Waals surface area contributed by atoms with E-state index in [9.17, 15) is 14.4 Å². The van der Waals surface area contributed by atoms with E-state index in [0.29, 0.717) is 18.4 Å². The number of nitrogens with one attached hydrogen (secondary N) is 1. The average Bonchev–Trinajstić information content (AvgIpc) is 3.07. The molecular weight excluding hydrogens is 296 g/mol. The van der Waals surface area contributed by atoms with Crippen LogP contribution in [0.2, 0.25) is 0 Å². The quantitative estimate of drug-likeness (QED) is 0.862. The molecule has 0 radical (unpaired) electrons. The van der Waals surface area contributed by atoms with Crippen molar-refractivity contribution in [2.45, 2.75) is 38.7 Å². The van der Waals surface area contributed by atoms with Crippen LogP contribution in [0.4, 0.5) is 5.69 Å². The lowest BCUT2D eigenvalue weighted by Gasteiger charge is -2.21. The summed E-state index contributed by atoms with van der Waals surface area (Å²) in [5, 5.41) is 2.77. The summed E-state index contributed by atoms with van der Waals surface area (Å²) in [4.78, 5) is 37.5. The van der Waals surface area contributed by atoms with Gasteiger partial charge in [-0.05, 0) is 49.9 Å². The SMILES string of the molecule is CC(OC(=O)c1ccc2c(c1)CCC(=O)N2)C(=O)N1CCCC1.